The van der Waals surface area contributed by atoms with Crippen LogP contribution < -0.4 is 10.6 Å². The van der Waals surface area contributed by atoms with E-state index in [0.29, 0.717) is 18.9 Å². The van der Waals surface area contributed by atoms with Crippen molar-refractivity contribution >= 4 is 12.2 Å². The van der Waals surface area contributed by atoms with Gasteiger partial charge in [0, 0.05) is 25.8 Å². The Morgan fingerprint density at radius 3 is 2.67 bits per heavy atom. The summed E-state index contributed by atoms with van der Waals surface area (Å²) >= 11 is 0. The minimum absolute atomic E-state index is 0.158. The van der Waals surface area contributed by atoms with Crippen LogP contribution in [0.1, 0.15) is 40.0 Å². The molecule has 0 radical (unpaired) electrons. The molecule has 1 fully saturated rings. The van der Waals surface area contributed by atoms with E-state index >= 15 is 0 Å². The Balaban J connectivity index is 2.50. The molecule has 7 nitrogen and oxygen atoms in total. The summed E-state index contributed by atoms with van der Waals surface area (Å²) < 4.78 is 10.6. The van der Waals surface area contributed by atoms with Crippen LogP contribution in [0.25, 0.3) is 0 Å². The number of carboxylic acid groups (broad SMARTS) is 1. The minimum atomic E-state index is -1.11. The molecule has 1 saturated heterocycles. The van der Waals surface area contributed by atoms with Gasteiger partial charge in [-0.2, -0.15) is 0 Å². The lowest BCUT2D eigenvalue weighted by Gasteiger charge is -2.28. The van der Waals surface area contributed by atoms with Crippen molar-refractivity contribution < 1.29 is 24.2 Å². The van der Waals surface area contributed by atoms with Crippen molar-refractivity contribution in [3.05, 3.63) is 0 Å². The van der Waals surface area contributed by atoms with Crippen LogP contribution in [0.5, 0.6) is 0 Å². The SMILES string of the molecule is CC(C)(C)OC(=O)NC(CNC(=O)O)C[C@H]1CCCOC1. The fourth-order valence-electron chi connectivity index (χ4n) is 2.27. The third kappa shape index (κ3) is 8.39. The van der Waals surface area contributed by atoms with Gasteiger partial charge >= 0.3 is 12.2 Å². The molecule has 1 aliphatic rings. The van der Waals surface area contributed by atoms with Gasteiger partial charge in [0.2, 0.25) is 0 Å². The number of ether oxygens (including phenoxy) is 2. The molecular formula is C14H26N2O5. The van der Waals surface area contributed by atoms with Crippen molar-refractivity contribution in [1.29, 1.82) is 0 Å². The van der Waals surface area contributed by atoms with E-state index in [9.17, 15) is 9.59 Å². The van der Waals surface area contributed by atoms with Gasteiger partial charge in [-0.05, 0) is 46.0 Å². The molecule has 0 aromatic carbocycles. The average Bonchev–Trinajstić information content (AvgIpc) is 2.34. The Morgan fingerprint density at radius 1 is 1.43 bits per heavy atom. The molecule has 21 heavy (non-hydrogen) atoms. The highest BCUT2D eigenvalue weighted by Gasteiger charge is 2.23. The zero-order valence-corrected chi connectivity index (χ0v) is 13.0. The number of hydrogen-bond donors (Lipinski definition) is 3. The second kappa shape index (κ2) is 8.07. The first-order valence-corrected chi connectivity index (χ1v) is 7.30. The number of alkyl carbamates (subject to hydrolysis) is 1. The molecule has 1 unspecified atom stereocenters. The molecule has 2 atom stereocenters. The Morgan fingerprint density at radius 2 is 2.14 bits per heavy atom. The predicted octanol–water partition coefficient (Wildman–Crippen LogP) is 1.96. The lowest BCUT2D eigenvalue weighted by Crippen LogP contribution is -2.46. The van der Waals surface area contributed by atoms with Crippen molar-refractivity contribution in [1.82, 2.24) is 10.6 Å². The monoisotopic (exact) mass is 302 g/mol. The topological polar surface area (TPSA) is 96.9 Å². The van der Waals surface area contributed by atoms with Gasteiger partial charge in [0.1, 0.15) is 5.60 Å². The number of nitrogens with one attached hydrogen (secondary N) is 2. The molecule has 0 aromatic heterocycles. The zero-order valence-electron chi connectivity index (χ0n) is 13.0. The normalized spacial score (nSPS) is 20.4. The van der Waals surface area contributed by atoms with Crippen LogP contribution in [-0.4, -0.2) is 48.7 Å². The molecule has 7 heteroatoms. The molecule has 1 heterocycles. The first kappa shape index (κ1) is 17.6. The van der Waals surface area contributed by atoms with Gasteiger partial charge in [0.15, 0.2) is 0 Å². The first-order chi connectivity index (χ1) is 9.76. The van der Waals surface area contributed by atoms with Crippen LogP contribution in [0.4, 0.5) is 9.59 Å². The zero-order chi connectivity index (χ0) is 15.9. The summed E-state index contributed by atoms with van der Waals surface area (Å²) in [7, 11) is 0. The van der Waals surface area contributed by atoms with Gasteiger partial charge in [0.25, 0.3) is 0 Å². The number of rotatable bonds is 5. The molecule has 122 valence electrons. The van der Waals surface area contributed by atoms with Crippen LogP contribution in [0.3, 0.4) is 0 Å². The van der Waals surface area contributed by atoms with Gasteiger partial charge in [-0.1, -0.05) is 0 Å². The Hall–Kier alpha value is -1.50. The smallest absolute Gasteiger partial charge is 0.407 e. The van der Waals surface area contributed by atoms with Crippen LogP contribution in [0.2, 0.25) is 0 Å². The van der Waals surface area contributed by atoms with Crippen molar-refractivity contribution in [3.8, 4) is 0 Å². The maximum absolute atomic E-state index is 11.8. The van der Waals surface area contributed by atoms with E-state index in [0.717, 1.165) is 19.4 Å². The van der Waals surface area contributed by atoms with E-state index in [2.05, 4.69) is 10.6 Å². The van der Waals surface area contributed by atoms with Gasteiger partial charge < -0.3 is 25.2 Å². The molecule has 0 aromatic rings. The number of amides is 2. The standard InChI is InChI=1S/C14H26N2O5/c1-14(2,3)21-13(19)16-11(8-15-12(17)18)7-10-5-4-6-20-9-10/h10-11,15H,4-9H2,1-3H3,(H,16,19)(H,17,18)/t10-,11?/m1/s1. The third-order valence-corrected chi connectivity index (χ3v) is 3.09. The maximum Gasteiger partial charge on any atom is 0.407 e. The van der Waals surface area contributed by atoms with E-state index in [1.165, 1.54) is 0 Å². The van der Waals surface area contributed by atoms with Crippen LogP contribution in [-0.2, 0) is 9.47 Å². The maximum atomic E-state index is 11.8. The van der Waals surface area contributed by atoms with Crippen molar-refractivity contribution in [2.24, 2.45) is 5.92 Å². The summed E-state index contributed by atoms with van der Waals surface area (Å²) in [5, 5.41) is 13.8. The highest BCUT2D eigenvalue weighted by atomic mass is 16.6. The summed E-state index contributed by atoms with van der Waals surface area (Å²) in [5.74, 6) is 0.328. The lowest BCUT2D eigenvalue weighted by atomic mass is 9.94. The molecule has 0 saturated carbocycles. The van der Waals surface area contributed by atoms with Gasteiger partial charge in [-0.3, -0.25) is 0 Å². The van der Waals surface area contributed by atoms with Crippen LogP contribution >= 0.6 is 0 Å². The Kier molecular flexibility index (Phi) is 6.74. The van der Waals surface area contributed by atoms with Crippen LogP contribution in [0.15, 0.2) is 0 Å². The Labute approximate surface area is 125 Å². The average molecular weight is 302 g/mol. The van der Waals surface area contributed by atoms with Crippen LogP contribution in [0, 0.1) is 5.92 Å². The summed E-state index contributed by atoms with van der Waals surface area (Å²) in [5.41, 5.74) is -0.581. The highest BCUT2D eigenvalue weighted by molar-refractivity contribution is 5.68. The molecule has 0 bridgehead atoms. The van der Waals surface area contributed by atoms with Gasteiger partial charge in [-0.25, -0.2) is 9.59 Å². The molecule has 0 aliphatic carbocycles. The quantitative estimate of drug-likeness (QED) is 0.721. The third-order valence-electron chi connectivity index (χ3n) is 3.09. The fourth-order valence-corrected chi connectivity index (χ4v) is 2.27. The molecular weight excluding hydrogens is 276 g/mol. The number of carbonyl (C=O) groups excluding carboxylic acids is 1. The van der Waals surface area contributed by atoms with Crippen molar-refractivity contribution in [2.45, 2.75) is 51.7 Å². The summed E-state index contributed by atoms with van der Waals surface area (Å²) in [6, 6.07) is -0.303. The molecule has 1 rings (SSSR count). The van der Waals surface area contributed by atoms with Crippen molar-refractivity contribution in [2.75, 3.05) is 19.8 Å². The number of hydrogen-bond acceptors (Lipinski definition) is 4. The second-order valence-corrected chi connectivity index (χ2v) is 6.35. The largest absolute Gasteiger partial charge is 0.465 e. The van der Waals surface area contributed by atoms with Gasteiger partial charge in [0.05, 0.1) is 0 Å². The van der Waals surface area contributed by atoms with E-state index in [1.807, 2.05) is 0 Å². The summed E-state index contributed by atoms with van der Waals surface area (Å²) in [6.45, 7) is 6.93. The highest BCUT2D eigenvalue weighted by Crippen LogP contribution is 2.19. The Bertz CT molecular complexity index is 348. The fraction of sp³-hybridized carbons (Fsp3) is 0.857. The molecule has 2 amide bonds. The molecule has 3 N–H and O–H groups in total. The number of carbonyl (C=O) groups is 2. The summed E-state index contributed by atoms with van der Waals surface area (Å²) in [4.78, 5) is 22.4. The first-order valence-electron chi connectivity index (χ1n) is 7.30. The summed E-state index contributed by atoms with van der Waals surface area (Å²) in [6.07, 6.45) is 1.05. The molecule has 1 aliphatic heterocycles. The van der Waals surface area contributed by atoms with Crippen molar-refractivity contribution in [3.63, 3.8) is 0 Å². The second-order valence-electron chi connectivity index (χ2n) is 6.35. The van der Waals surface area contributed by atoms with E-state index in [4.69, 9.17) is 14.6 Å². The lowest BCUT2D eigenvalue weighted by molar-refractivity contribution is 0.0387. The van der Waals surface area contributed by atoms with E-state index < -0.39 is 17.8 Å². The van der Waals surface area contributed by atoms with E-state index in [-0.39, 0.29) is 12.6 Å². The predicted molar refractivity (Wildman–Crippen MR) is 77.3 cm³/mol. The van der Waals surface area contributed by atoms with Gasteiger partial charge in [-0.15, -0.1) is 0 Å². The molecule has 0 spiro atoms. The minimum Gasteiger partial charge on any atom is -0.465 e. The van der Waals surface area contributed by atoms with E-state index in [1.54, 1.807) is 20.8 Å².